The highest BCUT2D eigenvalue weighted by atomic mass is 16.3. The van der Waals surface area contributed by atoms with E-state index in [-0.39, 0.29) is 0 Å². The molecule has 12 rings (SSSR count). The number of fused-ring (bicyclic) bond motifs is 8. The Balaban J connectivity index is 1.13. The minimum absolute atomic E-state index is 0.466. The van der Waals surface area contributed by atoms with E-state index in [0.29, 0.717) is 23.3 Å². The molecule has 6 nitrogen and oxygen atoms in total. The van der Waals surface area contributed by atoms with Crippen molar-refractivity contribution in [2.24, 2.45) is 0 Å². The van der Waals surface area contributed by atoms with Crippen molar-refractivity contribution < 1.29 is 4.42 Å². The number of nitrogens with zero attached hydrogens (tertiary/aromatic N) is 5. The molecule has 6 heteroatoms. The van der Waals surface area contributed by atoms with E-state index in [1.807, 2.05) is 30.3 Å². The van der Waals surface area contributed by atoms with E-state index >= 15 is 0 Å². The van der Waals surface area contributed by atoms with Crippen LogP contribution >= 0.6 is 0 Å². The van der Waals surface area contributed by atoms with E-state index in [1.54, 1.807) is 6.20 Å². The molecule has 270 valence electrons. The lowest BCUT2D eigenvalue weighted by molar-refractivity contribution is 0.668. The number of hydrogen-bond donors (Lipinski definition) is 0. The summed E-state index contributed by atoms with van der Waals surface area (Å²) < 4.78 is 8.49. The van der Waals surface area contributed by atoms with Gasteiger partial charge in [-0.15, -0.1) is 0 Å². The fraction of sp³-hybridized carbons (Fsp3) is 0. The van der Waals surface area contributed by atoms with Gasteiger partial charge in [-0.05, 0) is 92.3 Å². The monoisotopic (exact) mass is 741 g/mol. The molecule has 0 atom stereocenters. The number of pyridine rings is 1. The maximum absolute atomic E-state index is 6.31. The SMILES string of the molecule is c1ccc(-c2ccc3cc(-c4nc(-c5nccc6oc7ccccc7c56)nc(-n5c6ccc(-c7ccccc7)cc6c6cc7ccccc7cc65)n4)ccc3c2)cc1. The summed E-state index contributed by atoms with van der Waals surface area (Å²) in [6.45, 7) is 0. The van der Waals surface area contributed by atoms with Crippen LogP contribution in [0.1, 0.15) is 0 Å². The van der Waals surface area contributed by atoms with Crippen LogP contribution in [0.5, 0.6) is 0 Å². The van der Waals surface area contributed by atoms with Gasteiger partial charge in [0, 0.05) is 27.9 Å². The molecule has 0 radical (unpaired) electrons. The number of para-hydroxylation sites is 1. The fourth-order valence-electron chi connectivity index (χ4n) is 8.47. The number of furan rings is 1. The van der Waals surface area contributed by atoms with E-state index in [1.165, 1.54) is 16.5 Å². The zero-order valence-electron chi connectivity index (χ0n) is 31.0. The second-order valence-electron chi connectivity index (χ2n) is 14.7. The van der Waals surface area contributed by atoms with Crippen molar-refractivity contribution in [2.45, 2.75) is 0 Å². The van der Waals surface area contributed by atoms with Crippen molar-refractivity contribution >= 4 is 65.3 Å². The van der Waals surface area contributed by atoms with Crippen LogP contribution < -0.4 is 0 Å². The summed E-state index contributed by atoms with van der Waals surface area (Å²) in [7, 11) is 0. The smallest absolute Gasteiger partial charge is 0.238 e. The Morgan fingerprint density at radius 1 is 0.379 bits per heavy atom. The van der Waals surface area contributed by atoms with Crippen molar-refractivity contribution in [3.05, 3.63) is 188 Å². The van der Waals surface area contributed by atoms with Gasteiger partial charge in [0.25, 0.3) is 0 Å². The molecule has 0 saturated heterocycles. The molecule has 0 aliphatic rings. The number of benzene rings is 8. The molecule has 58 heavy (non-hydrogen) atoms. The largest absolute Gasteiger partial charge is 0.456 e. The molecule has 0 amide bonds. The summed E-state index contributed by atoms with van der Waals surface area (Å²) in [4.78, 5) is 20.8. The van der Waals surface area contributed by atoms with E-state index in [4.69, 9.17) is 24.4 Å². The van der Waals surface area contributed by atoms with Gasteiger partial charge in [0.2, 0.25) is 5.95 Å². The van der Waals surface area contributed by atoms with Gasteiger partial charge in [-0.25, -0.2) is 4.98 Å². The van der Waals surface area contributed by atoms with Gasteiger partial charge in [0.1, 0.15) is 16.9 Å². The molecule has 0 saturated carbocycles. The van der Waals surface area contributed by atoms with Crippen LogP contribution in [0.4, 0.5) is 0 Å². The summed E-state index contributed by atoms with van der Waals surface area (Å²) in [6, 6.07) is 63.6. The highest BCUT2D eigenvalue weighted by Crippen LogP contribution is 2.39. The molecule has 4 heterocycles. The third-order valence-corrected chi connectivity index (χ3v) is 11.3. The Morgan fingerprint density at radius 3 is 1.78 bits per heavy atom. The third-order valence-electron chi connectivity index (χ3n) is 11.3. The van der Waals surface area contributed by atoms with Crippen LogP contribution in [0, 0.1) is 0 Å². The molecule has 0 unspecified atom stereocenters. The average Bonchev–Trinajstić information content (AvgIpc) is 3.83. The Hall–Kier alpha value is -7.96. The molecule has 0 spiro atoms. The van der Waals surface area contributed by atoms with Crippen molar-refractivity contribution in [3.63, 3.8) is 0 Å². The lowest BCUT2D eigenvalue weighted by atomic mass is 10.00. The molecule has 8 aromatic carbocycles. The van der Waals surface area contributed by atoms with Crippen molar-refractivity contribution in [2.75, 3.05) is 0 Å². The Kier molecular flexibility index (Phi) is 7.13. The van der Waals surface area contributed by atoms with E-state index < -0.39 is 0 Å². The molecular weight excluding hydrogens is 711 g/mol. The predicted molar refractivity (Wildman–Crippen MR) is 236 cm³/mol. The lowest BCUT2D eigenvalue weighted by Crippen LogP contribution is -2.07. The van der Waals surface area contributed by atoms with Crippen LogP contribution in [0.15, 0.2) is 193 Å². The summed E-state index contributed by atoms with van der Waals surface area (Å²) in [5, 5.41) is 8.61. The summed E-state index contributed by atoms with van der Waals surface area (Å²) in [5.41, 5.74) is 9.70. The van der Waals surface area contributed by atoms with E-state index in [9.17, 15) is 0 Å². The molecule has 0 aliphatic carbocycles. The van der Waals surface area contributed by atoms with Crippen molar-refractivity contribution in [1.82, 2.24) is 24.5 Å². The van der Waals surface area contributed by atoms with E-state index in [2.05, 4.69) is 156 Å². The molecular formula is C52H31N5O. The van der Waals surface area contributed by atoms with Crippen LogP contribution in [0.25, 0.3) is 116 Å². The van der Waals surface area contributed by atoms with Crippen LogP contribution in [0.3, 0.4) is 0 Å². The Bertz CT molecular complexity index is 3570. The molecule has 0 fully saturated rings. The lowest BCUT2D eigenvalue weighted by Gasteiger charge is -2.12. The summed E-state index contributed by atoms with van der Waals surface area (Å²) in [5.74, 6) is 1.53. The third kappa shape index (κ3) is 5.20. The van der Waals surface area contributed by atoms with Crippen LogP contribution in [-0.2, 0) is 0 Å². The first-order valence-electron chi connectivity index (χ1n) is 19.4. The van der Waals surface area contributed by atoms with Gasteiger partial charge in [0.15, 0.2) is 11.6 Å². The quantitative estimate of drug-likeness (QED) is 0.176. The second kappa shape index (κ2) is 12.8. The van der Waals surface area contributed by atoms with Crippen LogP contribution in [0.2, 0.25) is 0 Å². The zero-order valence-corrected chi connectivity index (χ0v) is 31.0. The normalized spacial score (nSPS) is 11.8. The Morgan fingerprint density at radius 2 is 0.983 bits per heavy atom. The van der Waals surface area contributed by atoms with Gasteiger partial charge in [-0.2, -0.15) is 9.97 Å². The Labute approximate surface area is 332 Å². The maximum atomic E-state index is 6.31. The van der Waals surface area contributed by atoms with Gasteiger partial charge in [0.05, 0.1) is 16.4 Å². The number of rotatable bonds is 5. The second-order valence-corrected chi connectivity index (χ2v) is 14.7. The highest BCUT2D eigenvalue weighted by molar-refractivity contribution is 6.14. The predicted octanol–water partition coefficient (Wildman–Crippen LogP) is 13.2. The molecule has 4 aromatic heterocycles. The first-order chi connectivity index (χ1) is 28.7. The van der Waals surface area contributed by atoms with Gasteiger partial charge in [-0.3, -0.25) is 9.55 Å². The van der Waals surface area contributed by atoms with Gasteiger partial charge < -0.3 is 4.42 Å². The standard InChI is InChI=1S/C52H31N5O/c1-3-11-32(12-4-1)36-19-20-38-28-40(22-21-37(38)27-36)50-54-51(49-48-41-17-9-10-18-46(41)58-47(48)25-26-53-49)56-52(55-50)57-44-24-23-39(33-13-5-2-6-14-33)30-42(44)43-29-34-15-7-8-16-35(34)31-45(43)57/h1-31H. The molecule has 12 aromatic rings. The fourth-order valence-corrected chi connectivity index (χ4v) is 8.47. The minimum Gasteiger partial charge on any atom is -0.456 e. The first-order valence-corrected chi connectivity index (χ1v) is 19.4. The average molecular weight is 742 g/mol. The summed E-state index contributed by atoms with van der Waals surface area (Å²) in [6.07, 6.45) is 1.77. The molecule has 0 bridgehead atoms. The minimum atomic E-state index is 0.466. The topological polar surface area (TPSA) is 69.6 Å². The van der Waals surface area contributed by atoms with Crippen LogP contribution in [-0.4, -0.2) is 24.5 Å². The highest BCUT2D eigenvalue weighted by Gasteiger charge is 2.22. The molecule has 0 aliphatic heterocycles. The summed E-state index contributed by atoms with van der Waals surface area (Å²) >= 11 is 0. The van der Waals surface area contributed by atoms with E-state index in [0.717, 1.165) is 76.6 Å². The van der Waals surface area contributed by atoms with Gasteiger partial charge >= 0.3 is 0 Å². The number of aromatic nitrogens is 5. The van der Waals surface area contributed by atoms with Gasteiger partial charge in [-0.1, -0.05) is 133 Å². The number of hydrogen-bond acceptors (Lipinski definition) is 5. The van der Waals surface area contributed by atoms with Crippen molar-refractivity contribution in [3.8, 4) is 51.1 Å². The zero-order chi connectivity index (χ0) is 38.2. The molecule has 0 N–H and O–H groups in total. The maximum Gasteiger partial charge on any atom is 0.238 e. The van der Waals surface area contributed by atoms with Crippen molar-refractivity contribution in [1.29, 1.82) is 0 Å². The first kappa shape index (κ1) is 32.3.